The number of hydrogen-bond donors (Lipinski definition) is 2. The van der Waals surface area contributed by atoms with Crippen LogP contribution in [0.15, 0.2) is 24.3 Å². The number of aliphatic hydroxyl groups is 1. The van der Waals surface area contributed by atoms with Crippen molar-refractivity contribution in [2.45, 2.75) is 39.0 Å². The van der Waals surface area contributed by atoms with E-state index in [0.717, 1.165) is 11.3 Å². The molecule has 0 aliphatic rings. The zero-order valence-electron chi connectivity index (χ0n) is 10.9. The molecule has 0 spiro atoms. The van der Waals surface area contributed by atoms with Gasteiger partial charge in [-0.25, -0.2) is 0 Å². The van der Waals surface area contributed by atoms with E-state index in [0.29, 0.717) is 19.1 Å². The van der Waals surface area contributed by atoms with Gasteiger partial charge in [0.15, 0.2) is 0 Å². The van der Waals surface area contributed by atoms with Gasteiger partial charge in [-0.2, -0.15) is 5.26 Å². The third-order valence-electron chi connectivity index (χ3n) is 2.47. The van der Waals surface area contributed by atoms with E-state index in [1.807, 2.05) is 38.1 Å². The summed E-state index contributed by atoms with van der Waals surface area (Å²) in [5, 5.41) is 21.0. The number of benzene rings is 1. The number of aliphatic hydroxyl groups excluding tert-OH is 1. The molecule has 0 aromatic heterocycles. The first-order chi connectivity index (χ1) is 8.65. The quantitative estimate of drug-likeness (QED) is 0.772. The topological polar surface area (TPSA) is 65.3 Å². The van der Waals surface area contributed by atoms with Crippen molar-refractivity contribution in [2.75, 3.05) is 6.61 Å². The molecule has 2 N–H and O–H groups in total. The maximum Gasteiger partial charge on any atom is 0.119 e. The number of hydrogen-bond acceptors (Lipinski definition) is 4. The molecule has 0 amide bonds. The van der Waals surface area contributed by atoms with Crippen LogP contribution in [0, 0.1) is 11.3 Å². The fraction of sp³-hybridized carbons (Fsp3) is 0.500. The molecule has 0 heterocycles. The Morgan fingerprint density at radius 2 is 2.00 bits per heavy atom. The first kappa shape index (κ1) is 14.5. The SMILES string of the molecule is CC(C)NC(C#N)CCOc1ccc(CO)cc1. The zero-order valence-corrected chi connectivity index (χ0v) is 10.9. The minimum absolute atomic E-state index is 0.0368. The lowest BCUT2D eigenvalue weighted by Crippen LogP contribution is -2.34. The molecule has 0 bridgehead atoms. The molecule has 1 unspecified atom stereocenters. The van der Waals surface area contributed by atoms with Gasteiger partial charge in [-0.3, -0.25) is 5.32 Å². The largest absolute Gasteiger partial charge is 0.493 e. The Labute approximate surface area is 108 Å². The van der Waals surface area contributed by atoms with Gasteiger partial charge in [0.2, 0.25) is 0 Å². The molecular weight excluding hydrogens is 228 g/mol. The monoisotopic (exact) mass is 248 g/mol. The average Bonchev–Trinajstić information content (AvgIpc) is 2.38. The van der Waals surface area contributed by atoms with Crippen molar-refractivity contribution in [3.63, 3.8) is 0 Å². The van der Waals surface area contributed by atoms with Crippen molar-refractivity contribution in [3.05, 3.63) is 29.8 Å². The Morgan fingerprint density at radius 1 is 1.33 bits per heavy atom. The van der Waals surface area contributed by atoms with Crippen LogP contribution in [-0.2, 0) is 6.61 Å². The summed E-state index contributed by atoms with van der Waals surface area (Å²) >= 11 is 0. The Balaban J connectivity index is 2.34. The predicted octanol–water partition coefficient (Wildman–Crippen LogP) is 1.84. The molecule has 0 saturated carbocycles. The van der Waals surface area contributed by atoms with E-state index in [9.17, 15) is 0 Å². The fourth-order valence-electron chi connectivity index (χ4n) is 1.57. The van der Waals surface area contributed by atoms with Crippen LogP contribution in [0.25, 0.3) is 0 Å². The smallest absolute Gasteiger partial charge is 0.119 e. The molecule has 98 valence electrons. The van der Waals surface area contributed by atoms with Crippen LogP contribution in [0.4, 0.5) is 0 Å². The Hall–Kier alpha value is -1.57. The van der Waals surface area contributed by atoms with Crippen LogP contribution in [0.1, 0.15) is 25.8 Å². The predicted molar refractivity (Wildman–Crippen MR) is 70.1 cm³/mol. The van der Waals surface area contributed by atoms with Gasteiger partial charge in [0.1, 0.15) is 5.75 Å². The van der Waals surface area contributed by atoms with Crippen molar-refractivity contribution in [1.82, 2.24) is 5.32 Å². The molecule has 1 rings (SSSR count). The second-order valence-electron chi connectivity index (χ2n) is 4.44. The second kappa shape index (κ2) is 7.70. The van der Waals surface area contributed by atoms with Crippen molar-refractivity contribution < 1.29 is 9.84 Å². The second-order valence-corrected chi connectivity index (χ2v) is 4.44. The van der Waals surface area contributed by atoms with E-state index in [1.165, 1.54) is 0 Å². The summed E-state index contributed by atoms with van der Waals surface area (Å²) in [7, 11) is 0. The molecule has 18 heavy (non-hydrogen) atoms. The van der Waals surface area contributed by atoms with Crippen LogP contribution in [0.2, 0.25) is 0 Å². The third kappa shape index (κ3) is 5.17. The Morgan fingerprint density at radius 3 is 2.50 bits per heavy atom. The van der Waals surface area contributed by atoms with E-state index >= 15 is 0 Å². The third-order valence-corrected chi connectivity index (χ3v) is 2.47. The lowest BCUT2D eigenvalue weighted by molar-refractivity contribution is 0.280. The zero-order chi connectivity index (χ0) is 13.4. The normalized spacial score (nSPS) is 12.2. The van der Waals surface area contributed by atoms with Gasteiger partial charge in [-0.1, -0.05) is 12.1 Å². The Kier molecular flexibility index (Phi) is 6.20. The molecule has 0 saturated heterocycles. The van der Waals surface area contributed by atoms with Gasteiger partial charge in [0, 0.05) is 12.5 Å². The maximum absolute atomic E-state index is 8.94. The van der Waals surface area contributed by atoms with Crippen molar-refractivity contribution >= 4 is 0 Å². The number of nitrogens with zero attached hydrogens (tertiary/aromatic N) is 1. The highest BCUT2D eigenvalue weighted by Gasteiger charge is 2.08. The molecule has 1 aromatic carbocycles. The van der Waals surface area contributed by atoms with Crippen LogP contribution in [-0.4, -0.2) is 23.8 Å². The van der Waals surface area contributed by atoms with E-state index in [4.69, 9.17) is 15.1 Å². The van der Waals surface area contributed by atoms with E-state index in [-0.39, 0.29) is 12.6 Å². The lowest BCUT2D eigenvalue weighted by atomic mass is 10.2. The molecule has 4 heteroatoms. The molecule has 0 aliphatic heterocycles. The van der Waals surface area contributed by atoms with Crippen LogP contribution in [0.5, 0.6) is 5.75 Å². The molecule has 1 atom stereocenters. The van der Waals surface area contributed by atoms with Gasteiger partial charge >= 0.3 is 0 Å². The Bertz CT molecular complexity index is 382. The highest BCUT2D eigenvalue weighted by atomic mass is 16.5. The maximum atomic E-state index is 8.94. The number of ether oxygens (including phenoxy) is 1. The minimum Gasteiger partial charge on any atom is -0.493 e. The number of nitrogens with one attached hydrogen (secondary N) is 1. The first-order valence-electron chi connectivity index (χ1n) is 6.14. The van der Waals surface area contributed by atoms with Gasteiger partial charge in [-0.15, -0.1) is 0 Å². The van der Waals surface area contributed by atoms with Crippen LogP contribution < -0.4 is 10.1 Å². The summed E-state index contributed by atoms with van der Waals surface area (Å²) in [5.74, 6) is 0.758. The molecule has 1 aromatic rings. The molecule has 0 fully saturated rings. The van der Waals surface area contributed by atoms with Gasteiger partial charge < -0.3 is 9.84 Å². The summed E-state index contributed by atoms with van der Waals surface area (Å²) in [4.78, 5) is 0. The van der Waals surface area contributed by atoms with Crippen LogP contribution in [0.3, 0.4) is 0 Å². The van der Waals surface area contributed by atoms with Gasteiger partial charge in [-0.05, 0) is 31.5 Å². The van der Waals surface area contributed by atoms with E-state index < -0.39 is 0 Å². The molecule has 0 radical (unpaired) electrons. The van der Waals surface area contributed by atoms with Crippen LogP contribution >= 0.6 is 0 Å². The summed E-state index contributed by atoms with van der Waals surface area (Å²) in [6.07, 6.45) is 0.649. The van der Waals surface area contributed by atoms with Crippen molar-refractivity contribution in [3.8, 4) is 11.8 Å². The van der Waals surface area contributed by atoms with Crippen molar-refractivity contribution in [2.24, 2.45) is 0 Å². The standard InChI is InChI=1S/C14H20N2O2/c1-11(2)16-13(9-15)7-8-18-14-5-3-12(10-17)4-6-14/h3-6,11,13,16-17H,7-8,10H2,1-2H3. The number of rotatable bonds is 7. The molecular formula is C14H20N2O2. The lowest BCUT2D eigenvalue weighted by Gasteiger charge is -2.14. The summed E-state index contributed by atoms with van der Waals surface area (Å²) in [5.41, 5.74) is 0.860. The minimum atomic E-state index is -0.179. The molecule has 4 nitrogen and oxygen atoms in total. The summed E-state index contributed by atoms with van der Waals surface area (Å²) in [6.45, 7) is 4.56. The van der Waals surface area contributed by atoms with E-state index in [1.54, 1.807) is 0 Å². The van der Waals surface area contributed by atoms with Gasteiger partial charge in [0.05, 0.1) is 25.3 Å². The van der Waals surface area contributed by atoms with E-state index in [2.05, 4.69) is 11.4 Å². The average molecular weight is 248 g/mol. The molecule has 0 aliphatic carbocycles. The summed E-state index contributed by atoms with van der Waals surface area (Å²) < 4.78 is 5.55. The highest BCUT2D eigenvalue weighted by molar-refractivity contribution is 5.26. The summed E-state index contributed by atoms with van der Waals surface area (Å²) in [6, 6.07) is 9.62. The van der Waals surface area contributed by atoms with Crippen molar-refractivity contribution in [1.29, 1.82) is 5.26 Å². The van der Waals surface area contributed by atoms with Gasteiger partial charge in [0.25, 0.3) is 0 Å². The number of nitriles is 1. The first-order valence-corrected chi connectivity index (χ1v) is 6.14. The fourth-order valence-corrected chi connectivity index (χ4v) is 1.57. The highest BCUT2D eigenvalue weighted by Crippen LogP contribution is 2.12.